The van der Waals surface area contributed by atoms with Crippen molar-refractivity contribution in [1.82, 2.24) is 0 Å². The second kappa shape index (κ2) is 7.25. The van der Waals surface area contributed by atoms with E-state index < -0.39 is 39.1 Å². The second-order valence-electron chi connectivity index (χ2n) is 4.38. The van der Waals surface area contributed by atoms with Crippen LogP contribution in [0.3, 0.4) is 0 Å². The smallest absolute Gasteiger partial charge is 0.460 e. The summed E-state index contributed by atoms with van der Waals surface area (Å²) in [6, 6.07) is 3.08. The molecule has 0 heterocycles. The first-order valence-electron chi connectivity index (χ1n) is 5.79. The zero-order chi connectivity index (χ0) is 19.9. The highest BCUT2D eigenvalue weighted by molar-refractivity contribution is 7.88. The van der Waals surface area contributed by atoms with Gasteiger partial charge < -0.3 is 8.92 Å². The Hall–Kier alpha value is -1.51. The van der Waals surface area contributed by atoms with Gasteiger partial charge in [-0.05, 0) is 24.3 Å². The molecule has 0 saturated heterocycles. The minimum atomic E-state index is -7.35. The summed E-state index contributed by atoms with van der Waals surface area (Å²) in [5.41, 5.74) is 0. The average Bonchev–Trinajstić information content (AvgIpc) is 2.45. The average molecular weight is 440 g/mol. The van der Waals surface area contributed by atoms with E-state index in [-0.39, 0.29) is 19.2 Å². The molecule has 0 fully saturated rings. The number of ether oxygens (including phenoxy) is 1. The van der Waals surface area contributed by atoms with Crippen LogP contribution in [-0.4, -0.2) is 38.8 Å². The van der Waals surface area contributed by atoms with E-state index in [0.717, 1.165) is 19.2 Å². The summed E-state index contributed by atoms with van der Waals surface area (Å²) in [4.78, 5) is 0. The van der Waals surface area contributed by atoms with Gasteiger partial charge in [0.1, 0.15) is 11.5 Å². The van der Waals surface area contributed by atoms with Gasteiger partial charge in [0.2, 0.25) is 0 Å². The van der Waals surface area contributed by atoms with Gasteiger partial charge in [0.05, 0.1) is 7.11 Å². The van der Waals surface area contributed by atoms with Crippen molar-refractivity contribution in [3.8, 4) is 11.5 Å². The largest absolute Gasteiger partial charge is 0.497 e. The molecule has 0 atom stereocenters. The lowest BCUT2D eigenvalue weighted by atomic mass is 10.1. The molecular weight excluding hydrogens is 431 g/mol. The molecule has 152 valence electrons. The van der Waals surface area contributed by atoms with Crippen molar-refractivity contribution in [3.63, 3.8) is 0 Å². The molecule has 0 unspecified atom stereocenters. The standard InChI is InChI=1S/C11H7F9O4S.H2S/c1-23-6-2-4-7(5-3-6)24-25(21,22)11(19,20)9(14,15)8(12,13)10(16,17)18;/h2-5H,1H3;1H2. The Labute approximate surface area is 147 Å². The van der Waals surface area contributed by atoms with Gasteiger partial charge in [0, 0.05) is 0 Å². The first-order valence-corrected chi connectivity index (χ1v) is 7.20. The molecule has 1 rings (SSSR count). The summed E-state index contributed by atoms with van der Waals surface area (Å²) < 4.78 is 145. The van der Waals surface area contributed by atoms with Crippen LogP contribution in [0.25, 0.3) is 0 Å². The lowest BCUT2D eigenvalue weighted by Crippen LogP contribution is -2.63. The van der Waals surface area contributed by atoms with Crippen LogP contribution in [0.4, 0.5) is 39.5 Å². The normalized spacial score (nSPS) is 13.8. The third-order valence-corrected chi connectivity index (χ3v) is 3.99. The zero-order valence-electron chi connectivity index (χ0n) is 12.3. The Bertz CT molecular complexity index is 714. The number of benzene rings is 1. The fraction of sp³-hybridized carbons (Fsp3) is 0.455. The van der Waals surface area contributed by atoms with Crippen molar-refractivity contribution >= 4 is 23.6 Å². The van der Waals surface area contributed by atoms with E-state index in [1.807, 2.05) is 0 Å². The van der Waals surface area contributed by atoms with Gasteiger partial charge in [-0.3, -0.25) is 0 Å². The summed E-state index contributed by atoms with van der Waals surface area (Å²) in [5, 5.41) is -6.90. The van der Waals surface area contributed by atoms with Crippen molar-refractivity contribution in [2.24, 2.45) is 0 Å². The van der Waals surface area contributed by atoms with Gasteiger partial charge in [-0.2, -0.15) is 61.4 Å². The maximum absolute atomic E-state index is 13.4. The van der Waals surface area contributed by atoms with Crippen LogP contribution in [0.5, 0.6) is 11.5 Å². The third kappa shape index (κ3) is 3.92. The predicted octanol–water partition coefficient (Wildman–Crippen LogP) is 3.94. The molecule has 0 aliphatic carbocycles. The summed E-state index contributed by atoms with van der Waals surface area (Å²) >= 11 is 0. The van der Waals surface area contributed by atoms with Crippen molar-refractivity contribution in [3.05, 3.63) is 24.3 Å². The Morgan fingerprint density at radius 2 is 1.15 bits per heavy atom. The van der Waals surface area contributed by atoms with Gasteiger partial charge >= 0.3 is 33.4 Å². The number of rotatable bonds is 6. The lowest BCUT2D eigenvalue weighted by molar-refractivity contribution is -0.382. The third-order valence-electron chi connectivity index (χ3n) is 2.70. The molecule has 0 bridgehead atoms. The second-order valence-corrected chi connectivity index (χ2v) is 5.96. The first kappa shape index (κ1) is 24.5. The van der Waals surface area contributed by atoms with Crippen molar-refractivity contribution in [2.75, 3.05) is 7.11 Å². The minimum absolute atomic E-state index is 0. The summed E-state index contributed by atoms with van der Waals surface area (Å²) in [6.07, 6.45) is -7.14. The molecule has 0 N–H and O–H groups in total. The maximum Gasteiger partial charge on any atom is 0.460 e. The molecular formula is C11H9F9O4S2. The molecule has 26 heavy (non-hydrogen) atoms. The molecule has 0 aliphatic heterocycles. The molecule has 0 aromatic heterocycles. The van der Waals surface area contributed by atoms with Gasteiger partial charge in [-0.25, -0.2) is 0 Å². The van der Waals surface area contributed by atoms with Crippen LogP contribution in [0.15, 0.2) is 24.3 Å². The number of halogens is 9. The molecule has 1 aromatic carbocycles. The molecule has 1 aromatic rings. The number of hydrogen-bond acceptors (Lipinski definition) is 4. The fourth-order valence-electron chi connectivity index (χ4n) is 1.33. The molecule has 15 heteroatoms. The Balaban J connectivity index is 0.00000625. The molecule has 0 aliphatic rings. The highest BCUT2D eigenvalue weighted by Gasteiger charge is 2.86. The maximum atomic E-state index is 13.4. The van der Waals surface area contributed by atoms with Crippen molar-refractivity contribution in [2.45, 2.75) is 23.3 Å². The minimum Gasteiger partial charge on any atom is -0.497 e. The number of alkyl halides is 9. The number of methoxy groups -OCH3 is 1. The Morgan fingerprint density at radius 1 is 0.769 bits per heavy atom. The van der Waals surface area contributed by atoms with Crippen LogP contribution in [0.1, 0.15) is 0 Å². The fourth-order valence-corrected chi connectivity index (χ4v) is 2.24. The van der Waals surface area contributed by atoms with E-state index in [1.165, 1.54) is 0 Å². The lowest BCUT2D eigenvalue weighted by Gasteiger charge is -2.32. The SMILES string of the molecule is COc1ccc(OS(=O)(=O)C(F)(F)C(F)(F)C(F)(F)C(F)(F)F)cc1.S. The number of hydrogen-bond donors (Lipinski definition) is 0. The highest BCUT2D eigenvalue weighted by Crippen LogP contribution is 2.54. The van der Waals surface area contributed by atoms with Crippen LogP contribution < -0.4 is 8.92 Å². The van der Waals surface area contributed by atoms with E-state index in [0.29, 0.717) is 12.1 Å². The van der Waals surface area contributed by atoms with E-state index in [4.69, 9.17) is 0 Å². The van der Waals surface area contributed by atoms with Crippen molar-refractivity contribution in [1.29, 1.82) is 0 Å². The summed E-state index contributed by atoms with van der Waals surface area (Å²) in [6.45, 7) is 0. The predicted molar refractivity (Wildman–Crippen MR) is 73.8 cm³/mol. The van der Waals surface area contributed by atoms with E-state index in [2.05, 4.69) is 8.92 Å². The Morgan fingerprint density at radius 3 is 1.50 bits per heavy atom. The zero-order valence-corrected chi connectivity index (χ0v) is 14.1. The molecule has 0 saturated carbocycles. The van der Waals surface area contributed by atoms with Gasteiger partial charge in [0.15, 0.2) is 0 Å². The molecule has 0 amide bonds. The van der Waals surface area contributed by atoms with E-state index in [1.54, 1.807) is 0 Å². The summed E-state index contributed by atoms with van der Waals surface area (Å²) in [7, 11) is -5.78. The highest BCUT2D eigenvalue weighted by atomic mass is 32.2. The summed E-state index contributed by atoms with van der Waals surface area (Å²) in [5.74, 6) is -15.7. The Kier molecular flexibility index (Phi) is 6.83. The van der Waals surface area contributed by atoms with Crippen LogP contribution in [-0.2, 0) is 10.1 Å². The first-order chi connectivity index (χ1) is 11.0. The monoisotopic (exact) mass is 440 g/mol. The van der Waals surface area contributed by atoms with Crippen LogP contribution in [0.2, 0.25) is 0 Å². The topological polar surface area (TPSA) is 52.6 Å². The molecule has 0 radical (unpaired) electrons. The van der Waals surface area contributed by atoms with Gasteiger partial charge in [0.25, 0.3) is 0 Å². The molecule has 4 nitrogen and oxygen atoms in total. The van der Waals surface area contributed by atoms with Crippen molar-refractivity contribution < 1.29 is 56.9 Å². The van der Waals surface area contributed by atoms with Gasteiger partial charge in [-0.15, -0.1) is 0 Å². The van der Waals surface area contributed by atoms with E-state index >= 15 is 0 Å². The quantitative estimate of drug-likeness (QED) is 0.497. The van der Waals surface area contributed by atoms with E-state index in [9.17, 15) is 47.9 Å². The van der Waals surface area contributed by atoms with Crippen LogP contribution >= 0.6 is 13.5 Å². The van der Waals surface area contributed by atoms with Crippen LogP contribution in [0, 0.1) is 0 Å². The van der Waals surface area contributed by atoms with Gasteiger partial charge in [-0.1, -0.05) is 0 Å². The molecule has 0 spiro atoms.